The quantitative estimate of drug-likeness (QED) is 0.502. The van der Waals surface area contributed by atoms with Crippen LogP contribution in [0.3, 0.4) is 0 Å². The number of nitrogens with zero attached hydrogens (tertiary/aromatic N) is 5. The summed E-state index contributed by atoms with van der Waals surface area (Å²) in [6, 6.07) is 9.16. The van der Waals surface area contributed by atoms with Crippen LogP contribution in [0, 0.1) is 12.7 Å². The Bertz CT molecular complexity index is 1120. The maximum atomic E-state index is 13.9. The highest BCUT2D eigenvalue weighted by atomic mass is 35.5. The van der Waals surface area contributed by atoms with Crippen molar-refractivity contribution in [3.63, 3.8) is 0 Å². The van der Waals surface area contributed by atoms with Gasteiger partial charge in [0.2, 0.25) is 0 Å². The topological polar surface area (TPSA) is 46.3 Å². The van der Waals surface area contributed by atoms with Crippen molar-refractivity contribution >= 4 is 39.8 Å². The van der Waals surface area contributed by atoms with Gasteiger partial charge in [-0.3, -0.25) is 4.40 Å². The number of aromatic nitrogens is 4. The largest absolute Gasteiger partial charge is 0.320 e. The first kappa shape index (κ1) is 17.5. The average Bonchev–Trinajstić information content (AvgIpc) is 3.06. The van der Waals surface area contributed by atoms with Gasteiger partial charge in [-0.1, -0.05) is 11.6 Å². The minimum atomic E-state index is -2.66. The molecule has 0 radical (unpaired) electrons. The van der Waals surface area contributed by atoms with E-state index in [4.69, 9.17) is 11.6 Å². The van der Waals surface area contributed by atoms with Gasteiger partial charge in [0.15, 0.2) is 0 Å². The summed E-state index contributed by atoms with van der Waals surface area (Å²) in [6.45, 7) is 1.04. The molecule has 2 aromatic carbocycles. The molecule has 0 aliphatic rings. The summed E-state index contributed by atoms with van der Waals surface area (Å²) >= 11 is 6.10. The number of alkyl halides is 2. The molecule has 0 aliphatic carbocycles. The molecule has 0 aliphatic heterocycles. The monoisotopic (exact) mass is 391 g/mol. The van der Waals surface area contributed by atoms with Gasteiger partial charge < -0.3 is 4.90 Å². The molecule has 0 atom stereocenters. The van der Waals surface area contributed by atoms with Crippen LogP contribution in [0.1, 0.15) is 5.56 Å². The Morgan fingerprint density at radius 3 is 2.74 bits per heavy atom. The summed E-state index contributed by atoms with van der Waals surface area (Å²) in [5.41, 5.74) is 1.50. The number of fused-ring (bicyclic) bond motifs is 3. The van der Waals surface area contributed by atoms with E-state index in [1.165, 1.54) is 23.4 Å². The smallest absolute Gasteiger partial charge is 0.257 e. The molecule has 0 fully saturated rings. The maximum Gasteiger partial charge on any atom is 0.257 e. The van der Waals surface area contributed by atoms with E-state index in [0.29, 0.717) is 21.5 Å². The highest BCUT2D eigenvalue weighted by Gasteiger charge is 2.21. The number of hydrogen-bond donors (Lipinski definition) is 0. The van der Waals surface area contributed by atoms with Gasteiger partial charge >= 0.3 is 0 Å². The van der Waals surface area contributed by atoms with Crippen LogP contribution < -0.4 is 4.90 Å². The zero-order valence-corrected chi connectivity index (χ0v) is 14.8. The van der Waals surface area contributed by atoms with Gasteiger partial charge in [-0.25, -0.2) is 13.2 Å². The fraction of sp³-hybridized carbons (Fsp3) is 0.167. The van der Waals surface area contributed by atoms with Gasteiger partial charge in [0.1, 0.15) is 18.0 Å². The van der Waals surface area contributed by atoms with Crippen LogP contribution in [-0.2, 0) is 0 Å². The van der Waals surface area contributed by atoms with E-state index in [1.54, 1.807) is 35.6 Å². The molecule has 2 aromatic heterocycles. The van der Waals surface area contributed by atoms with Crippen LogP contribution in [0.15, 0.2) is 42.7 Å². The second-order valence-electron chi connectivity index (χ2n) is 6.09. The predicted molar refractivity (Wildman–Crippen MR) is 97.4 cm³/mol. The standard InChI is InChI=1S/C18H13ClF3N5/c1-10-4-12(20)7-13(5-10)26(8-16(21)22)17-14-3-2-11(19)6-15(14)27-9-23-25-18(27)24-17/h2-7,9,16H,8H2,1H3. The molecule has 5 nitrogen and oxygen atoms in total. The van der Waals surface area contributed by atoms with Crippen molar-refractivity contribution in [1.29, 1.82) is 0 Å². The molecular formula is C18H13ClF3N5. The molecule has 27 heavy (non-hydrogen) atoms. The van der Waals surface area contributed by atoms with Gasteiger partial charge in [-0.15, -0.1) is 10.2 Å². The van der Waals surface area contributed by atoms with Crippen molar-refractivity contribution < 1.29 is 13.2 Å². The minimum Gasteiger partial charge on any atom is -0.320 e. The summed E-state index contributed by atoms with van der Waals surface area (Å²) in [4.78, 5) is 5.68. The third-order valence-electron chi connectivity index (χ3n) is 4.11. The lowest BCUT2D eigenvalue weighted by Gasteiger charge is -2.25. The number of rotatable bonds is 4. The Balaban J connectivity index is 2.02. The lowest BCUT2D eigenvalue weighted by atomic mass is 10.1. The Morgan fingerprint density at radius 2 is 2.00 bits per heavy atom. The first-order valence-electron chi connectivity index (χ1n) is 8.04. The molecule has 138 valence electrons. The van der Waals surface area contributed by atoms with Crippen LogP contribution in [-0.4, -0.2) is 32.6 Å². The van der Waals surface area contributed by atoms with Crippen molar-refractivity contribution in [1.82, 2.24) is 19.6 Å². The minimum absolute atomic E-state index is 0.229. The molecule has 0 saturated carbocycles. The summed E-state index contributed by atoms with van der Waals surface area (Å²) < 4.78 is 42.3. The number of aryl methyl sites for hydroxylation is 1. The van der Waals surface area contributed by atoms with E-state index < -0.39 is 18.8 Å². The van der Waals surface area contributed by atoms with Gasteiger partial charge in [0, 0.05) is 16.1 Å². The fourth-order valence-electron chi connectivity index (χ4n) is 3.05. The van der Waals surface area contributed by atoms with Crippen LogP contribution in [0.5, 0.6) is 0 Å². The zero-order chi connectivity index (χ0) is 19.1. The lowest BCUT2D eigenvalue weighted by Crippen LogP contribution is -2.25. The number of benzene rings is 2. The summed E-state index contributed by atoms with van der Waals surface area (Å²) in [7, 11) is 0. The second kappa shape index (κ2) is 6.70. The first-order valence-corrected chi connectivity index (χ1v) is 8.42. The SMILES string of the molecule is Cc1cc(F)cc(N(CC(F)F)c2nc3nncn3c3cc(Cl)ccc23)c1. The van der Waals surface area contributed by atoms with E-state index in [0.717, 1.165) is 0 Å². The molecule has 0 unspecified atom stereocenters. The van der Waals surface area contributed by atoms with Crippen molar-refractivity contribution in [3.8, 4) is 0 Å². The molecule has 0 amide bonds. The Labute approximate surface area is 157 Å². The number of hydrogen-bond acceptors (Lipinski definition) is 4. The summed E-state index contributed by atoms with van der Waals surface area (Å²) in [5, 5.41) is 8.78. The highest BCUT2D eigenvalue weighted by molar-refractivity contribution is 6.31. The molecular weight excluding hydrogens is 379 g/mol. The molecule has 0 N–H and O–H groups in total. The molecule has 4 rings (SSSR count). The second-order valence-corrected chi connectivity index (χ2v) is 6.52. The van der Waals surface area contributed by atoms with Crippen molar-refractivity contribution in [2.24, 2.45) is 0 Å². The summed E-state index contributed by atoms with van der Waals surface area (Å²) in [6.07, 6.45) is -1.19. The van der Waals surface area contributed by atoms with Gasteiger partial charge in [0.25, 0.3) is 12.2 Å². The lowest BCUT2D eigenvalue weighted by molar-refractivity contribution is 0.158. The van der Waals surface area contributed by atoms with Crippen molar-refractivity contribution in [3.05, 3.63) is 59.1 Å². The molecule has 0 saturated heterocycles. The van der Waals surface area contributed by atoms with E-state index in [1.807, 2.05) is 0 Å². The van der Waals surface area contributed by atoms with Crippen LogP contribution in [0.2, 0.25) is 5.02 Å². The first-order chi connectivity index (χ1) is 12.9. The highest BCUT2D eigenvalue weighted by Crippen LogP contribution is 2.33. The predicted octanol–water partition coefficient (Wildman–Crippen LogP) is 4.78. The maximum absolute atomic E-state index is 13.9. The Hall–Kier alpha value is -2.87. The summed E-state index contributed by atoms with van der Waals surface area (Å²) in [5.74, 6) is -0.0557. The van der Waals surface area contributed by atoms with Crippen LogP contribution in [0.4, 0.5) is 24.7 Å². The van der Waals surface area contributed by atoms with Crippen LogP contribution >= 0.6 is 11.6 Å². The Morgan fingerprint density at radius 1 is 1.19 bits per heavy atom. The van der Waals surface area contributed by atoms with Crippen LogP contribution in [0.25, 0.3) is 16.7 Å². The third kappa shape index (κ3) is 3.28. The normalized spacial score (nSPS) is 11.6. The van der Waals surface area contributed by atoms with E-state index in [2.05, 4.69) is 15.2 Å². The van der Waals surface area contributed by atoms with Crippen molar-refractivity contribution in [2.75, 3.05) is 11.4 Å². The fourth-order valence-corrected chi connectivity index (χ4v) is 3.22. The van der Waals surface area contributed by atoms with Gasteiger partial charge in [0.05, 0.1) is 12.1 Å². The van der Waals surface area contributed by atoms with E-state index >= 15 is 0 Å². The molecule has 2 heterocycles. The third-order valence-corrected chi connectivity index (χ3v) is 4.35. The zero-order valence-electron chi connectivity index (χ0n) is 14.1. The molecule has 4 aromatic rings. The Kier molecular flexibility index (Phi) is 4.35. The number of halogens is 4. The van der Waals surface area contributed by atoms with Gasteiger partial charge in [-0.05, 0) is 48.9 Å². The van der Waals surface area contributed by atoms with E-state index in [9.17, 15) is 13.2 Å². The number of anilines is 2. The van der Waals surface area contributed by atoms with E-state index in [-0.39, 0.29) is 17.3 Å². The molecule has 0 spiro atoms. The molecule has 9 heteroatoms. The van der Waals surface area contributed by atoms with Gasteiger partial charge in [-0.2, -0.15) is 4.98 Å². The molecule has 0 bridgehead atoms. The average molecular weight is 392 g/mol. The van der Waals surface area contributed by atoms with Crippen molar-refractivity contribution in [2.45, 2.75) is 13.3 Å².